The van der Waals surface area contributed by atoms with Gasteiger partial charge in [0.25, 0.3) is 5.56 Å². The number of para-hydroxylation sites is 1. The summed E-state index contributed by atoms with van der Waals surface area (Å²) in [6, 6.07) is 13.5. The molecule has 0 unspecified atom stereocenters. The normalized spacial score (nSPS) is 10.7. The molecule has 0 radical (unpaired) electrons. The fourth-order valence-corrected chi connectivity index (χ4v) is 3.16. The van der Waals surface area contributed by atoms with Crippen LogP contribution in [0.4, 0.5) is 10.8 Å². The van der Waals surface area contributed by atoms with Gasteiger partial charge in [-0.25, -0.2) is 4.98 Å². The van der Waals surface area contributed by atoms with E-state index in [2.05, 4.69) is 21.8 Å². The van der Waals surface area contributed by atoms with Gasteiger partial charge in [0.05, 0.1) is 5.39 Å². The van der Waals surface area contributed by atoms with Crippen molar-refractivity contribution in [2.24, 2.45) is 0 Å². The highest BCUT2D eigenvalue weighted by atomic mass is 32.1. The maximum atomic E-state index is 12.2. The Morgan fingerprint density at radius 2 is 1.95 bits per heavy atom. The zero-order chi connectivity index (χ0) is 14.7. The van der Waals surface area contributed by atoms with Crippen LogP contribution in [0.1, 0.15) is 13.3 Å². The Bertz CT molecular complexity index is 801. The number of nitrogens with zero attached hydrogens (tertiary/aromatic N) is 3. The van der Waals surface area contributed by atoms with Crippen LogP contribution < -0.4 is 10.5 Å². The summed E-state index contributed by atoms with van der Waals surface area (Å²) in [7, 11) is 0. The monoisotopic (exact) mass is 297 g/mol. The smallest absolute Gasteiger partial charge is 0.282 e. The zero-order valence-electron chi connectivity index (χ0n) is 11.7. The van der Waals surface area contributed by atoms with Crippen molar-refractivity contribution in [2.75, 3.05) is 11.4 Å². The highest BCUT2D eigenvalue weighted by Gasteiger charge is 2.13. The third-order valence-corrected chi connectivity index (χ3v) is 4.15. The van der Waals surface area contributed by atoms with Crippen molar-refractivity contribution in [3.05, 3.63) is 59.0 Å². The largest absolute Gasteiger partial charge is 0.318 e. The van der Waals surface area contributed by atoms with E-state index in [1.807, 2.05) is 30.3 Å². The van der Waals surface area contributed by atoms with Gasteiger partial charge in [0, 0.05) is 18.4 Å². The highest BCUT2D eigenvalue weighted by molar-refractivity contribution is 7.21. The summed E-state index contributed by atoms with van der Waals surface area (Å²) in [5.74, 6) is 0. The van der Waals surface area contributed by atoms with Crippen molar-refractivity contribution in [3.8, 4) is 0 Å². The van der Waals surface area contributed by atoms with Gasteiger partial charge in [-0.3, -0.25) is 4.79 Å². The molecule has 0 aliphatic rings. The van der Waals surface area contributed by atoms with E-state index >= 15 is 0 Å². The van der Waals surface area contributed by atoms with Gasteiger partial charge >= 0.3 is 0 Å². The molecule has 0 bridgehead atoms. The summed E-state index contributed by atoms with van der Waals surface area (Å²) in [5.41, 5.74) is 0.821. The third kappa shape index (κ3) is 2.78. The van der Waals surface area contributed by atoms with E-state index in [0.29, 0.717) is 10.5 Å². The molecule has 0 atom stereocenters. The maximum absolute atomic E-state index is 12.2. The molecule has 2 heterocycles. The molecular formula is C16H15N3OS. The molecule has 21 heavy (non-hydrogen) atoms. The molecule has 0 N–H and O–H groups in total. The number of aromatic nitrogens is 2. The fraction of sp³-hybridized carbons (Fsp3) is 0.188. The van der Waals surface area contributed by atoms with Crippen LogP contribution in [0, 0.1) is 0 Å². The standard InChI is InChI=1S/C16H15N3OS/c1-2-11-19(12-7-4-3-5-8-12)16-18-14(20)13-9-6-10-17-15(13)21-16/h3-10H,2,11H2,1H3. The number of hydrogen-bond donors (Lipinski definition) is 0. The average Bonchev–Trinajstić information content (AvgIpc) is 2.53. The quantitative estimate of drug-likeness (QED) is 0.738. The molecule has 0 aliphatic carbocycles. The molecule has 0 saturated carbocycles. The Kier molecular flexibility index (Phi) is 3.92. The fourth-order valence-electron chi connectivity index (χ4n) is 2.17. The topological polar surface area (TPSA) is 46.1 Å². The predicted molar refractivity (Wildman–Crippen MR) is 87.4 cm³/mol. The Morgan fingerprint density at radius 3 is 2.71 bits per heavy atom. The average molecular weight is 297 g/mol. The van der Waals surface area contributed by atoms with Gasteiger partial charge in [0.2, 0.25) is 0 Å². The van der Waals surface area contributed by atoms with E-state index in [4.69, 9.17) is 0 Å². The number of fused-ring (bicyclic) bond motifs is 1. The molecule has 0 spiro atoms. The number of benzene rings is 1. The van der Waals surface area contributed by atoms with Crippen LogP contribution in [0.15, 0.2) is 53.5 Å². The van der Waals surface area contributed by atoms with Gasteiger partial charge in [-0.2, -0.15) is 4.98 Å². The molecule has 1 aromatic carbocycles. The number of anilines is 2. The van der Waals surface area contributed by atoms with Gasteiger partial charge in [0.15, 0.2) is 5.13 Å². The van der Waals surface area contributed by atoms with Crippen molar-refractivity contribution in [1.82, 2.24) is 9.97 Å². The van der Waals surface area contributed by atoms with Crippen LogP contribution in [0.3, 0.4) is 0 Å². The second kappa shape index (κ2) is 6.01. The lowest BCUT2D eigenvalue weighted by atomic mass is 10.3. The zero-order valence-corrected chi connectivity index (χ0v) is 12.5. The Hall–Kier alpha value is -2.27. The first kappa shape index (κ1) is 13.7. The summed E-state index contributed by atoms with van der Waals surface area (Å²) in [6.07, 6.45) is 2.67. The Morgan fingerprint density at radius 1 is 1.14 bits per heavy atom. The lowest BCUT2D eigenvalue weighted by molar-refractivity contribution is 0.878. The lowest BCUT2D eigenvalue weighted by Gasteiger charge is -2.22. The summed E-state index contributed by atoms with van der Waals surface area (Å²) < 4.78 is 0. The van der Waals surface area contributed by atoms with Gasteiger partial charge in [-0.15, -0.1) is 0 Å². The molecule has 0 fully saturated rings. The maximum Gasteiger partial charge on any atom is 0.282 e. The van der Waals surface area contributed by atoms with E-state index in [0.717, 1.165) is 23.5 Å². The first-order chi connectivity index (χ1) is 10.3. The molecule has 3 rings (SSSR count). The summed E-state index contributed by atoms with van der Waals surface area (Å²) in [6.45, 7) is 2.92. The number of rotatable bonds is 4. The summed E-state index contributed by atoms with van der Waals surface area (Å²) in [5, 5.41) is 1.27. The molecule has 2 aromatic heterocycles. The van der Waals surface area contributed by atoms with Crippen LogP contribution in [0.2, 0.25) is 0 Å². The summed E-state index contributed by atoms with van der Waals surface area (Å²) >= 11 is 1.45. The number of hydrogen-bond acceptors (Lipinski definition) is 5. The predicted octanol–water partition coefficient (Wildman–Crippen LogP) is 3.60. The van der Waals surface area contributed by atoms with Crippen LogP contribution in [-0.2, 0) is 0 Å². The minimum atomic E-state index is -0.219. The van der Waals surface area contributed by atoms with Crippen LogP contribution in [0.25, 0.3) is 10.2 Å². The second-order valence-corrected chi connectivity index (χ2v) is 5.60. The van der Waals surface area contributed by atoms with Crippen LogP contribution in [0.5, 0.6) is 0 Å². The first-order valence-electron chi connectivity index (χ1n) is 6.88. The van der Waals surface area contributed by atoms with Gasteiger partial charge < -0.3 is 4.90 Å². The first-order valence-corrected chi connectivity index (χ1v) is 7.69. The van der Waals surface area contributed by atoms with Crippen LogP contribution in [-0.4, -0.2) is 16.5 Å². The summed E-state index contributed by atoms with van der Waals surface area (Å²) in [4.78, 5) is 23.5. The minimum absolute atomic E-state index is 0.219. The van der Waals surface area contributed by atoms with E-state index in [9.17, 15) is 4.79 Å². The highest BCUT2D eigenvalue weighted by Crippen LogP contribution is 2.28. The van der Waals surface area contributed by atoms with Gasteiger partial charge in [-0.1, -0.05) is 36.5 Å². The molecule has 106 valence electrons. The Labute approximate surface area is 126 Å². The minimum Gasteiger partial charge on any atom is -0.318 e. The van der Waals surface area contributed by atoms with Crippen molar-refractivity contribution in [1.29, 1.82) is 0 Å². The van der Waals surface area contributed by atoms with Crippen LogP contribution >= 0.6 is 11.3 Å². The van der Waals surface area contributed by atoms with Gasteiger partial charge in [-0.05, 0) is 30.7 Å². The Balaban J connectivity index is 2.14. The SMILES string of the molecule is CCCN(c1ccccc1)c1nc(=O)c2cccnc2s1. The van der Waals surface area contributed by atoms with Gasteiger partial charge in [0.1, 0.15) is 4.83 Å². The van der Waals surface area contributed by atoms with Crippen molar-refractivity contribution in [2.45, 2.75) is 13.3 Å². The molecule has 0 aliphatic heterocycles. The molecule has 4 nitrogen and oxygen atoms in total. The van der Waals surface area contributed by atoms with E-state index < -0.39 is 0 Å². The molecule has 5 heteroatoms. The second-order valence-electron chi connectivity index (χ2n) is 4.64. The van der Waals surface area contributed by atoms with Crippen molar-refractivity contribution < 1.29 is 0 Å². The third-order valence-electron chi connectivity index (χ3n) is 3.13. The van der Waals surface area contributed by atoms with Crippen molar-refractivity contribution in [3.63, 3.8) is 0 Å². The molecule has 0 amide bonds. The molecule has 3 aromatic rings. The number of pyridine rings is 1. The molecular weight excluding hydrogens is 282 g/mol. The van der Waals surface area contributed by atoms with E-state index in [1.165, 1.54) is 11.3 Å². The van der Waals surface area contributed by atoms with E-state index in [1.54, 1.807) is 18.3 Å². The van der Waals surface area contributed by atoms with E-state index in [-0.39, 0.29) is 5.56 Å². The van der Waals surface area contributed by atoms with Crippen molar-refractivity contribution >= 4 is 32.4 Å². The molecule has 0 saturated heterocycles. The lowest BCUT2D eigenvalue weighted by Crippen LogP contribution is -2.21.